The number of nitrogens with one attached hydrogen (secondary N) is 1. The molecule has 2 heterocycles. The minimum absolute atomic E-state index is 0.0590. The fourth-order valence-electron chi connectivity index (χ4n) is 2.76. The summed E-state index contributed by atoms with van der Waals surface area (Å²) in [4.78, 5) is 13.9. The van der Waals surface area contributed by atoms with E-state index in [0.717, 1.165) is 0 Å². The fourth-order valence-corrected chi connectivity index (χ4v) is 5.31. The Kier molecular flexibility index (Phi) is 5.48. The number of hydrogen-bond donors (Lipinski definition) is 2. The lowest BCUT2D eigenvalue weighted by Gasteiger charge is -2.35. The number of nitrogens with zero attached hydrogens (tertiary/aromatic N) is 1. The summed E-state index contributed by atoms with van der Waals surface area (Å²) in [5.74, 6) is -0.458. The first kappa shape index (κ1) is 17.0. The van der Waals surface area contributed by atoms with Crippen LogP contribution in [0.4, 0.5) is 0 Å². The molecule has 9 heteroatoms. The molecule has 7 nitrogen and oxygen atoms in total. The van der Waals surface area contributed by atoms with Crippen LogP contribution in [0.2, 0.25) is 0 Å². The lowest BCUT2D eigenvalue weighted by atomic mass is 10.2. The molecule has 2 N–H and O–H groups in total. The highest BCUT2D eigenvalue weighted by atomic mass is 35.5. The van der Waals surface area contributed by atoms with E-state index < -0.39 is 21.3 Å². The van der Waals surface area contributed by atoms with E-state index in [1.807, 2.05) is 11.8 Å². The topological polar surface area (TPSA) is 95.9 Å². The van der Waals surface area contributed by atoms with E-state index in [4.69, 9.17) is 21.4 Å². The number of aliphatic hydroxyl groups is 1. The molecule has 21 heavy (non-hydrogen) atoms. The number of carbonyl (C=O) groups is 1. The standard InChI is InChI=1S/C12H21ClN2O5S/c1-8-2-15(3-9(5-16)20-8)4-12(17)14-11-7-21(18,19)6-10(11)13/h8-11,16H,2-7H2,1H3,(H,14,17). The van der Waals surface area contributed by atoms with Crippen LogP contribution in [0.1, 0.15) is 6.92 Å². The van der Waals surface area contributed by atoms with Crippen LogP contribution in [-0.4, -0.2) is 85.7 Å². The van der Waals surface area contributed by atoms with Crippen molar-refractivity contribution in [1.82, 2.24) is 10.2 Å². The van der Waals surface area contributed by atoms with Crippen LogP contribution in [0.25, 0.3) is 0 Å². The van der Waals surface area contributed by atoms with Crippen LogP contribution >= 0.6 is 11.6 Å². The minimum Gasteiger partial charge on any atom is -0.394 e. The van der Waals surface area contributed by atoms with Crippen molar-refractivity contribution in [3.63, 3.8) is 0 Å². The van der Waals surface area contributed by atoms with Gasteiger partial charge < -0.3 is 15.2 Å². The molecule has 2 aliphatic rings. The summed E-state index contributed by atoms with van der Waals surface area (Å²) in [6, 6.07) is -0.531. The summed E-state index contributed by atoms with van der Waals surface area (Å²) in [6.07, 6.45) is -0.356. The molecular weight excluding hydrogens is 320 g/mol. The highest BCUT2D eigenvalue weighted by Gasteiger charge is 2.37. The first-order valence-corrected chi connectivity index (χ1v) is 9.17. The molecule has 0 radical (unpaired) electrons. The van der Waals surface area contributed by atoms with Crippen LogP contribution < -0.4 is 5.32 Å². The third-order valence-electron chi connectivity index (χ3n) is 3.60. The number of alkyl halides is 1. The summed E-state index contributed by atoms with van der Waals surface area (Å²) < 4.78 is 28.4. The fraction of sp³-hybridized carbons (Fsp3) is 0.917. The molecule has 0 saturated carbocycles. The second-order valence-corrected chi connectivity index (χ2v) is 8.43. The van der Waals surface area contributed by atoms with E-state index in [2.05, 4.69) is 5.32 Å². The van der Waals surface area contributed by atoms with E-state index in [-0.39, 0.29) is 42.8 Å². The molecule has 122 valence electrons. The Bertz CT molecular complexity index is 486. The van der Waals surface area contributed by atoms with Gasteiger partial charge in [-0.1, -0.05) is 0 Å². The lowest BCUT2D eigenvalue weighted by Crippen LogP contribution is -2.52. The number of halogens is 1. The summed E-state index contributed by atoms with van der Waals surface area (Å²) in [5, 5.41) is 11.3. The molecule has 0 aromatic heterocycles. The van der Waals surface area contributed by atoms with Crippen molar-refractivity contribution in [3.8, 4) is 0 Å². The molecule has 1 amide bonds. The highest BCUT2D eigenvalue weighted by molar-refractivity contribution is 7.91. The number of carbonyl (C=O) groups excluding carboxylic acids is 1. The number of rotatable bonds is 4. The molecule has 0 aliphatic carbocycles. The Morgan fingerprint density at radius 2 is 2.14 bits per heavy atom. The summed E-state index contributed by atoms with van der Waals surface area (Å²) in [7, 11) is -3.16. The van der Waals surface area contributed by atoms with Crippen molar-refractivity contribution in [1.29, 1.82) is 0 Å². The van der Waals surface area contributed by atoms with Gasteiger partial charge in [0.05, 0.1) is 48.3 Å². The maximum absolute atomic E-state index is 12.0. The monoisotopic (exact) mass is 340 g/mol. The largest absolute Gasteiger partial charge is 0.394 e. The van der Waals surface area contributed by atoms with Gasteiger partial charge in [-0.15, -0.1) is 11.6 Å². The number of sulfone groups is 1. The van der Waals surface area contributed by atoms with Crippen LogP contribution in [0, 0.1) is 0 Å². The Morgan fingerprint density at radius 1 is 1.43 bits per heavy atom. The van der Waals surface area contributed by atoms with Crippen molar-refractivity contribution in [2.45, 2.75) is 30.6 Å². The average Bonchev–Trinajstić information content (AvgIpc) is 2.61. The molecule has 2 saturated heterocycles. The Balaban J connectivity index is 1.84. The number of aliphatic hydroxyl groups excluding tert-OH is 1. The maximum atomic E-state index is 12.0. The second kappa shape index (κ2) is 6.78. The van der Waals surface area contributed by atoms with E-state index in [0.29, 0.717) is 13.1 Å². The first-order chi connectivity index (χ1) is 9.79. The summed E-state index contributed by atoms with van der Waals surface area (Å²) in [5.41, 5.74) is 0. The van der Waals surface area contributed by atoms with Gasteiger partial charge in [-0.05, 0) is 6.92 Å². The van der Waals surface area contributed by atoms with Crippen molar-refractivity contribution in [2.75, 3.05) is 37.7 Å². The van der Waals surface area contributed by atoms with Gasteiger partial charge in [0.25, 0.3) is 0 Å². The number of hydrogen-bond acceptors (Lipinski definition) is 6. The average molecular weight is 341 g/mol. The Morgan fingerprint density at radius 3 is 2.71 bits per heavy atom. The second-order valence-electron chi connectivity index (χ2n) is 5.71. The van der Waals surface area contributed by atoms with E-state index in [9.17, 15) is 13.2 Å². The molecule has 0 aromatic carbocycles. The van der Waals surface area contributed by atoms with Gasteiger partial charge in [0.15, 0.2) is 9.84 Å². The minimum atomic E-state index is -3.16. The SMILES string of the molecule is CC1CN(CC(=O)NC2CS(=O)(=O)CC2Cl)CC(CO)O1. The van der Waals surface area contributed by atoms with Crippen LogP contribution in [0.3, 0.4) is 0 Å². The third-order valence-corrected chi connectivity index (χ3v) is 5.98. The van der Waals surface area contributed by atoms with Gasteiger partial charge in [-0.25, -0.2) is 8.42 Å². The predicted octanol–water partition coefficient (Wildman–Crippen LogP) is -1.41. The zero-order valence-electron chi connectivity index (χ0n) is 11.9. The van der Waals surface area contributed by atoms with Gasteiger partial charge in [0, 0.05) is 13.1 Å². The number of ether oxygens (including phenoxy) is 1. The predicted molar refractivity (Wildman–Crippen MR) is 78.1 cm³/mol. The van der Waals surface area contributed by atoms with E-state index >= 15 is 0 Å². The molecule has 4 unspecified atom stereocenters. The first-order valence-electron chi connectivity index (χ1n) is 6.91. The quantitative estimate of drug-likeness (QED) is 0.610. The normalized spacial score (nSPS) is 36.5. The molecule has 0 aromatic rings. The highest BCUT2D eigenvalue weighted by Crippen LogP contribution is 2.18. The van der Waals surface area contributed by atoms with Crippen LogP contribution in [-0.2, 0) is 19.4 Å². The van der Waals surface area contributed by atoms with Crippen molar-refractivity contribution >= 4 is 27.3 Å². The van der Waals surface area contributed by atoms with Gasteiger partial charge in [0.1, 0.15) is 0 Å². The molecule has 2 aliphatic heterocycles. The van der Waals surface area contributed by atoms with Crippen LogP contribution in [0.5, 0.6) is 0 Å². The van der Waals surface area contributed by atoms with E-state index in [1.54, 1.807) is 0 Å². The Hall–Kier alpha value is -0.410. The summed E-state index contributed by atoms with van der Waals surface area (Å²) >= 11 is 5.96. The molecule has 2 rings (SSSR count). The maximum Gasteiger partial charge on any atom is 0.234 e. The number of morpholine rings is 1. The van der Waals surface area contributed by atoms with Gasteiger partial charge in [-0.3, -0.25) is 9.69 Å². The lowest BCUT2D eigenvalue weighted by molar-refractivity contribution is -0.129. The zero-order valence-corrected chi connectivity index (χ0v) is 13.4. The molecular formula is C12H21ClN2O5S. The van der Waals surface area contributed by atoms with Gasteiger partial charge in [0.2, 0.25) is 5.91 Å². The third kappa shape index (κ3) is 4.79. The molecule has 0 spiro atoms. The van der Waals surface area contributed by atoms with Gasteiger partial charge in [-0.2, -0.15) is 0 Å². The van der Waals surface area contributed by atoms with Crippen LogP contribution in [0.15, 0.2) is 0 Å². The molecule has 2 fully saturated rings. The smallest absolute Gasteiger partial charge is 0.234 e. The van der Waals surface area contributed by atoms with E-state index in [1.165, 1.54) is 0 Å². The van der Waals surface area contributed by atoms with Gasteiger partial charge >= 0.3 is 0 Å². The molecule has 4 atom stereocenters. The van der Waals surface area contributed by atoms with Crippen molar-refractivity contribution in [2.24, 2.45) is 0 Å². The summed E-state index contributed by atoms with van der Waals surface area (Å²) in [6.45, 7) is 3.00. The number of amides is 1. The Labute approximate surface area is 129 Å². The van der Waals surface area contributed by atoms with Crippen molar-refractivity contribution in [3.05, 3.63) is 0 Å². The molecule has 0 bridgehead atoms. The van der Waals surface area contributed by atoms with Crippen molar-refractivity contribution < 1.29 is 23.1 Å². The zero-order chi connectivity index (χ0) is 15.6.